The molecule has 0 aliphatic heterocycles. The smallest absolute Gasteiger partial charge is 0.374 e. The van der Waals surface area contributed by atoms with E-state index in [4.69, 9.17) is 0 Å². The van der Waals surface area contributed by atoms with E-state index in [1.807, 2.05) is 19.1 Å². The van der Waals surface area contributed by atoms with Crippen molar-refractivity contribution in [3.05, 3.63) is 30.4 Å². The van der Waals surface area contributed by atoms with E-state index >= 15 is 0 Å². The van der Waals surface area contributed by atoms with Crippen molar-refractivity contribution in [2.75, 3.05) is 13.1 Å². The van der Waals surface area contributed by atoms with Crippen molar-refractivity contribution in [3.63, 3.8) is 0 Å². The summed E-state index contributed by atoms with van der Waals surface area (Å²) in [6.07, 6.45) is 2.94. The van der Waals surface area contributed by atoms with Gasteiger partial charge in [0.25, 0.3) is 0 Å². The third kappa shape index (κ3) is 5.35. The molecule has 2 rings (SSSR count). The van der Waals surface area contributed by atoms with Crippen LogP contribution in [0.4, 0.5) is 13.2 Å². The highest BCUT2D eigenvalue weighted by Gasteiger charge is 2.57. The van der Waals surface area contributed by atoms with Gasteiger partial charge in [-0.25, -0.2) is 4.98 Å². The fourth-order valence-corrected chi connectivity index (χ4v) is 2.72. The van der Waals surface area contributed by atoms with Crippen molar-refractivity contribution in [1.29, 1.82) is 0 Å². The minimum atomic E-state index is -4.84. The molecule has 0 saturated carbocycles. The summed E-state index contributed by atoms with van der Waals surface area (Å²) in [5, 5.41) is 16.5. The maximum absolute atomic E-state index is 13.5. The lowest BCUT2D eigenvalue weighted by molar-refractivity contribution is -0.272. The topological polar surface area (TPSA) is 74.5 Å². The number of aromatic nitrogens is 2. The Morgan fingerprint density at radius 3 is 2.54 bits per heavy atom. The molecule has 10 heteroatoms. The number of nitrogens with zero attached hydrogens (tertiary/aromatic N) is 3. The Hall–Kier alpha value is -1.30. The van der Waals surface area contributed by atoms with Crippen molar-refractivity contribution in [3.8, 4) is 0 Å². The summed E-state index contributed by atoms with van der Waals surface area (Å²) in [5.74, 6) is 0.00807. The number of aliphatic imine (C=N–C) groups is 1. The normalized spacial score (nSPS) is 17.7. The van der Waals surface area contributed by atoms with E-state index in [0.717, 1.165) is 12.8 Å². The molecule has 0 saturated heterocycles. The Balaban J connectivity index is 0.00000338. The molecule has 0 bridgehead atoms. The van der Waals surface area contributed by atoms with Gasteiger partial charge in [0.1, 0.15) is 5.82 Å². The van der Waals surface area contributed by atoms with Gasteiger partial charge >= 0.3 is 6.18 Å². The molecule has 0 radical (unpaired) electrons. The molecular formula is C16H25F3IN5O. The molecule has 3 N–H and O–H groups in total. The zero-order valence-electron chi connectivity index (χ0n) is 14.8. The van der Waals surface area contributed by atoms with E-state index in [-0.39, 0.29) is 36.6 Å². The second-order valence-corrected chi connectivity index (χ2v) is 6.01. The van der Waals surface area contributed by atoms with E-state index in [0.29, 0.717) is 12.5 Å². The van der Waals surface area contributed by atoms with Crippen molar-refractivity contribution in [2.45, 2.75) is 44.0 Å². The Kier molecular flexibility index (Phi) is 8.38. The fourth-order valence-electron chi connectivity index (χ4n) is 2.72. The highest BCUT2D eigenvalue weighted by Crippen LogP contribution is 2.40. The van der Waals surface area contributed by atoms with Gasteiger partial charge in [0.2, 0.25) is 5.60 Å². The first-order valence-corrected chi connectivity index (χ1v) is 8.24. The zero-order chi connectivity index (χ0) is 18.5. The number of rotatable bonds is 6. The first kappa shape index (κ1) is 22.7. The molecule has 148 valence electrons. The SMILES string of the molecule is CCNC(=NCCC(O)(c1nccn1C)C(F)(F)F)NC1CC=CC1.I. The molecule has 1 aliphatic carbocycles. The molecule has 1 unspecified atom stereocenters. The Morgan fingerprint density at radius 2 is 2.04 bits per heavy atom. The fraction of sp³-hybridized carbons (Fsp3) is 0.625. The molecule has 1 atom stereocenters. The molecule has 1 heterocycles. The van der Waals surface area contributed by atoms with Gasteiger partial charge in [0.05, 0.1) is 0 Å². The van der Waals surface area contributed by atoms with Gasteiger partial charge in [-0.15, -0.1) is 24.0 Å². The van der Waals surface area contributed by atoms with Gasteiger partial charge in [0.15, 0.2) is 5.96 Å². The molecule has 1 aromatic rings. The van der Waals surface area contributed by atoms with Crippen LogP contribution in [0.25, 0.3) is 0 Å². The van der Waals surface area contributed by atoms with Crippen LogP contribution in [0.2, 0.25) is 0 Å². The average Bonchev–Trinajstić information content (AvgIpc) is 3.17. The summed E-state index contributed by atoms with van der Waals surface area (Å²) in [6.45, 7) is 2.28. The van der Waals surface area contributed by atoms with Crippen molar-refractivity contribution >= 4 is 29.9 Å². The predicted octanol–water partition coefficient (Wildman–Crippen LogP) is 2.45. The van der Waals surface area contributed by atoms with E-state index < -0.39 is 24.0 Å². The lowest BCUT2D eigenvalue weighted by Crippen LogP contribution is -2.46. The summed E-state index contributed by atoms with van der Waals surface area (Å²) < 4.78 is 41.5. The van der Waals surface area contributed by atoms with E-state index in [2.05, 4.69) is 20.6 Å². The monoisotopic (exact) mass is 487 g/mol. The molecule has 0 amide bonds. The van der Waals surface area contributed by atoms with Crippen molar-refractivity contribution in [1.82, 2.24) is 20.2 Å². The number of aliphatic hydroxyl groups is 1. The number of imidazole rings is 1. The van der Waals surface area contributed by atoms with Crippen molar-refractivity contribution in [2.24, 2.45) is 12.0 Å². The van der Waals surface area contributed by atoms with Crippen LogP contribution in [-0.2, 0) is 12.6 Å². The number of nitrogens with one attached hydrogen (secondary N) is 2. The number of guanidine groups is 1. The lowest BCUT2D eigenvalue weighted by atomic mass is 9.98. The van der Waals surface area contributed by atoms with Crippen LogP contribution >= 0.6 is 24.0 Å². The lowest BCUT2D eigenvalue weighted by Gasteiger charge is -2.29. The van der Waals surface area contributed by atoms with E-state index in [9.17, 15) is 18.3 Å². The number of hydrogen-bond acceptors (Lipinski definition) is 3. The second-order valence-electron chi connectivity index (χ2n) is 6.01. The number of aryl methyl sites for hydroxylation is 1. The first-order chi connectivity index (χ1) is 11.8. The minimum Gasteiger partial charge on any atom is -0.374 e. The second kappa shape index (κ2) is 9.58. The van der Waals surface area contributed by atoms with Gasteiger partial charge in [0, 0.05) is 45.0 Å². The van der Waals surface area contributed by atoms with Crippen LogP contribution in [0.1, 0.15) is 32.0 Å². The molecule has 26 heavy (non-hydrogen) atoms. The first-order valence-electron chi connectivity index (χ1n) is 8.24. The predicted molar refractivity (Wildman–Crippen MR) is 104 cm³/mol. The third-order valence-corrected chi connectivity index (χ3v) is 4.10. The van der Waals surface area contributed by atoms with Crippen LogP contribution in [0.5, 0.6) is 0 Å². The number of hydrogen-bond donors (Lipinski definition) is 3. The molecule has 6 nitrogen and oxygen atoms in total. The summed E-state index contributed by atoms with van der Waals surface area (Å²) in [7, 11) is 1.42. The van der Waals surface area contributed by atoms with Gasteiger partial charge in [-0.1, -0.05) is 12.2 Å². The molecule has 1 aliphatic rings. The molecular weight excluding hydrogens is 462 g/mol. The van der Waals surface area contributed by atoms with Crippen LogP contribution in [-0.4, -0.2) is 45.9 Å². The standard InChI is InChI=1S/C16H24F3N5O.HI/c1-3-20-14(23-12-6-4-5-7-12)22-9-8-15(25,16(17,18)19)13-21-10-11-24(13)2;/h4-5,10-12,25H,3,6-9H2,1-2H3,(H2,20,22,23);1H. The van der Waals surface area contributed by atoms with Crippen LogP contribution in [0.3, 0.4) is 0 Å². The molecule has 0 spiro atoms. The van der Waals surface area contributed by atoms with Gasteiger partial charge in [-0.2, -0.15) is 13.2 Å². The van der Waals surface area contributed by atoms with E-state index in [1.165, 1.54) is 24.0 Å². The van der Waals surface area contributed by atoms with Crippen LogP contribution in [0, 0.1) is 0 Å². The highest BCUT2D eigenvalue weighted by molar-refractivity contribution is 14.0. The summed E-state index contributed by atoms with van der Waals surface area (Å²) in [4.78, 5) is 7.86. The summed E-state index contributed by atoms with van der Waals surface area (Å²) in [5.41, 5.74) is -3.04. The maximum atomic E-state index is 13.5. The Labute approximate surface area is 168 Å². The third-order valence-electron chi connectivity index (χ3n) is 4.10. The van der Waals surface area contributed by atoms with E-state index in [1.54, 1.807) is 0 Å². The van der Waals surface area contributed by atoms with Gasteiger partial charge in [-0.05, 0) is 19.8 Å². The zero-order valence-corrected chi connectivity index (χ0v) is 17.1. The van der Waals surface area contributed by atoms with Crippen LogP contribution in [0.15, 0.2) is 29.5 Å². The van der Waals surface area contributed by atoms with Gasteiger partial charge in [-0.3, -0.25) is 4.99 Å². The Morgan fingerprint density at radius 1 is 1.38 bits per heavy atom. The highest BCUT2D eigenvalue weighted by atomic mass is 127. The summed E-state index contributed by atoms with van der Waals surface area (Å²) in [6, 6.07) is 0.189. The molecule has 1 aromatic heterocycles. The number of halogens is 4. The summed E-state index contributed by atoms with van der Waals surface area (Å²) >= 11 is 0. The molecule has 0 aromatic carbocycles. The minimum absolute atomic E-state index is 0. The molecule has 0 fully saturated rings. The maximum Gasteiger partial charge on any atom is 0.424 e. The van der Waals surface area contributed by atoms with Gasteiger partial charge < -0.3 is 20.3 Å². The Bertz CT molecular complexity index is 624. The van der Waals surface area contributed by atoms with Crippen LogP contribution < -0.4 is 10.6 Å². The average molecular weight is 487 g/mol. The quantitative estimate of drug-likeness (QED) is 0.250. The number of alkyl halides is 3. The largest absolute Gasteiger partial charge is 0.424 e. The van der Waals surface area contributed by atoms with Crippen molar-refractivity contribution < 1.29 is 18.3 Å².